The topological polar surface area (TPSA) is 64.4 Å². The number of hydrogen-bond acceptors (Lipinski definition) is 4. The number of benzene rings is 1. The molecular weight excluding hydrogens is 314 g/mol. The summed E-state index contributed by atoms with van der Waals surface area (Å²) in [6.45, 7) is 7.18. The van der Waals surface area contributed by atoms with Crippen molar-refractivity contribution in [2.24, 2.45) is 7.05 Å². The Labute approximate surface area is 137 Å². The molecule has 1 heterocycles. The molecule has 0 spiro atoms. The lowest BCUT2D eigenvalue weighted by Crippen LogP contribution is -2.33. The Morgan fingerprint density at radius 1 is 1.22 bits per heavy atom. The fourth-order valence-corrected chi connectivity index (χ4v) is 4.68. The predicted octanol–water partition coefficient (Wildman–Crippen LogP) is 2.66. The third-order valence-electron chi connectivity index (χ3n) is 4.07. The van der Waals surface area contributed by atoms with Crippen LogP contribution >= 0.6 is 0 Å². The minimum atomic E-state index is -3.83. The Balaban J connectivity index is 2.54. The molecule has 1 atom stereocenters. The maximum absolute atomic E-state index is 13.1. The normalized spacial score (nSPS) is 13.5. The van der Waals surface area contributed by atoms with Crippen LogP contribution in [0.1, 0.15) is 35.5 Å². The largest absolute Gasteiger partial charge is 0.287 e. The van der Waals surface area contributed by atoms with E-state index >= 15 is 0 Å². The first-order chi connectivity index (χ1) is 10.7. The quantitative estimate of drug-likeness (QED) is 0.787. The highest BCUT2D eigenvalue weighted by atomic mass is 32.2. The first kappa shape index (κ1) is 17.7. The third kappa shape index (κ3) is 3.04. The molecule has 0 bridgehead atoms. The zero-order valence-electron chi connectivity index (χ0n) is 14.4. The fourth-order valence-electron chi connectivity index (χ4n) is 2.85. The van der Waals surface area contributed by atoms with E-state index in [1.54, 1.807) is 25.6 Å². The van der Waals surface area contributed by atoms with Gasteiger partial charge in [0.05, 0.1) is 24.5 Å². The van der Waals surface area contributed by atoms with Crippen LogP contribution in [0.5, 0.6) is 0 Å². The molecule has 0 amide bonds. The van der Waals surface area contributed by atoms with Gasteiger partial charge in [-0.25, -0.2) is 8.42 Å². The van der Waals surface area contributed by atoms with E-state index < -0.39 is 16.1 Å². The van der Waals surface area contributed by atoms with Crippen molar-refractivity contribution in [1.29, 1.82) is 0 Å². The van der Waals surface area contributed by atoms with Crippen LogP contribution in [-0.2, 0) is 21.9 Å². The van der Waals surface area contributed by atoms with Crippen molar-refractivity contribution in [3.63, 3.8) is 0 Å². The molecule has 1 aromatic heterocycles. The van der Waals surface area contributed by atoms with Gasteiger partial charge in [-0.15, -0.1) is 0 Å². The van der Waals surface area contributed by atoms with Crippen LogP contribution in [0.2, 0.25) is 0 Å². The van der Waals surface area contributed by atoms with Gasteiger partial charge in [0.2, 0.25) is 0 Å². The van der Waals surface area contributed by atoms with Crippen molar-refractivity contribution in [2.75, 3.05) is 7.11 Å². The molecule has 0 radical (unpaired) electrons. The Kier molecular flexibility index (Phi) is 4.93. The number of aryl methyl sites for hydroxylation is 3. The van der Waals surface area contributed by atoms with Gasteiger partial charge >= 0.3 is 0 Å². The third-order valence-corrected chi connectivity index (χ3v) is 6.12. The van der Waals surface area contributed by atoms with Crippen molar-refractivity contribution in [3.8, 4) is 0 Å². The van der Waals surface area contributed by atoms with Crippen molar-refractivity contribution in [2.45, 2.75) is 38.6 Å². The summed E-state index contributed by atoms with van der Waals surface area (Å²) in [6.07, 6.45) is 0. The maximum Gasteiger partial charge on any atom is 0.269 e. The van der Waals surface area contributed by atoms with Gasteiger partial charge in [0.1, 0.15) is 4.90 Å². The molecule has 0 unspecified atom stereocenters. The zero-order valence-corrected chi connectivity index (χ0v) is 15.2. The van der Waals surface area contributed by atoms with Crippen LogP contribution in [-0.4, -0.2) is 29.8 Å². The number of nitrogens with zero attached hydrogens (tertiary/aromatic N) is 3. The average molecular weight is 337 g/mol. The van der Waals surface area contributed by atoms with E-state index in [1.165, 1.54) is 7.11 Å². The highest BCUT2D eigenvalue weighted by Gasteiger charge is 2.35. The molecular formula is C16H23N3O3S. The van der Waals surface area contributed by atoms with E-state index in [0.29, 0.717) is 11.4 Å². The monoisotopic (exact) mass is 337 g/mol. The van der Waals surface area contributed by atoms with E-state index in [4.69, 9.17) is 4.84 Å². The molecule has 7 heteroatoms. The summed E-state index contributed by atoms with van der Waals surface area (Å²) in [5.41, 5.74) is 2.96. The van der Waals surface area contributed by atoms with Crippen molar-refractivity contribution >= 4 is 10.0 Å². The number of aromatic nitrogens is 2. The SMILES string of the molecule is CON([C@@H](C)c1ccccc1C)S(=O)(=O)c1c(C)nn(C)c1C. The van der Waals surface area contributed by atoms with Gasteiger partial charge in [-0.05, 0) is 38.8 Å². The zero-order chi connectivity index (χ0) is 17.4. The maximum atomic E-state index is 13.1. The second kappa shape index (κ2) is 6.43. The Morgan fingerprint density at radius 2 is 1.83 bits per heavy atom. The Bertz CT molecular complexity index is 812. The average Bonchev–Trinajstić information content (AvgIpc) is 2.73. The van der Waals surface area contributed by atoms with Gasteiger partial charge in [0.15, 0.2) is 0 Å². The minimum absolute atomic E-state index is 0.197. The summed E-state index contributed by atoms with van der Waals surface area (Å²) >= 11 is 0. The lowest BCUT2D eigenvalue weighted by molar-refractivity contribution is -0.0774. The summed E-state index contributed by atoms with van der Waals surface area (Å²) < 4.78 is 28.8. The van der Waals surface area contributed by atoms with Crippen LogP contribution in [0.15, 0.2) is 29.2 Å². The molecule has 1 aromatic carbocycles. The molecule has 0 saturated carbocycles. The van der Waals surface area contributed by atoms with Crippen LogP contribution in [0, 0.1) is 20.8 Å². The summed E-state index contributed by atoms with van der Waals surface area (Å²) in [5.74, 6) is 0. The molecule has 0 fully saturated rings. The summed E-state index contributed by atoms with van der Waals surface area (Å²) in [4.78, 5) is 5.46. The Hall–Kier alpha value is -1.70. The molecule has 2 aromatic rings. The van der Waals surface area contributed by atoms with E-state index in [-0.39, 0.29) is 4.90 Å². The number of hydroxylamine groups is 1. The van der Waals surface area contributed by atoms with E-state index in [1.807, 2.05) is 38.1 Å². The van der Waals surface area contributed by atoms with E-state index in [2.05, 4.69) is 5.10 Å². The summed E-state index contributed by atoms with van der Waals surface area (Å²) in [6, 6.07) is 7.22. The van der Waals surface area contributed by atoms with Crippen LogP contribution in [0.4, 0.5) is 0 Å². The first-order valence-corrected chi connectivity index (χ1v) is 8.80. The number of hydrogen-bond donors (Lipinski definition) is 0. The summed E-state index contributed by atoms with van der Waals surface area (Å²) in [5, 5.41) is 4.20. The van der Waals surface area contributed by atoms with Crippen molar-refractivity contribution < 1.29 is 13.3 Å². The smallest absolute Gasteiger partial charge is 0.269 e. The van der Waals surface area contributed by atoms with Crippen LogP contribution < -0.4 is 0 Å². The van der Waals surface area contributed by atoms with Gasteiger partial charge in [0, 0.05) is 7.05 Å². The van der Waals surface area contributed by atoms with Gasteiger partial charge in [-0.1, -0.05) is 28.7 Å². The first-order valence-electron chi connectivity index (χ1n) is 7.36. The molecule has 23 heavy (non-hydrogen) atoms. The van der Waals surface area contributed by atoms with Gasteiger partial charge < -0.3 is 0 Å². The molecule has 0 aliphatic heterocycles. The van der Waals surface area contributed by atoms with Gasteiger partial charge in [0.25, 0.3) is 10.0 Å². The molecule has 126 valence electrons. The van der Waals surface area contributed by atoms with Crippen LogP contribution in [0.3, 0.4) is 0 Å². The molecule has 2 rings (SSSR count). The van der Waals surface area contributed by atoms with Gasteiger partial charge in [-0.3, -0.25) is 9.52 Å². The second-order valence-electron chi connectivity index (χ2n) is 5.60. The fraction of sp³-hybridized carbons (Fsp3) is 0.438. The highest BCUT2D eigenvalue weighted by Crippen LogP contribution is 2.31. The predicted molar refractivity (Wildman–Crippen MR) is 88.3 cm³/mol. The molecule has 0 N–H and O–H groups in total. The van der Waals surface area contributed by atoms with Crippen LogP contribution in [0.25, 0.3) is 0 Å². The number of rotatable bonds is 5. The molecule has 0 aliphatic rings. The highest BCUT2D eigenvalue weighted by molar-refractivity contribution is 7.89. The minimum Gasteiger partial charge on any atom is -0.287 e. The van der Waals surface area contributed by atoms with Gasteiger partial charge in [-0.2, -0.15) is 5.10 Å². The van der Waals surface area contributed by atoms with Crippen molar-refractivity contribution in [1.82, 2.24) is 14.2 Å². The standard InChI is InChI=1S/C16H23N3O3S/c1-11-9-7-8-10-15(11)13(3)19(22-6)23(20,21)16-12(2)17-18(5)14(16)4/h7-10,13H,1-6H3/t13-/m0/s1. The van der Waals surface area contributed by atoms with E-state index in [0.717, 1.165) is 15.6 Å². The molecule has 0 saturated heterocycles. The lowest BCUT2D eigenvalue weighted by atomic mass is 10.0. The number of sulfonamides is 1. The van der Waals surface area contributed by atoms with Crippen molar-refractivity contribution in [3.05, 3.63) is 46.8 Å². The Morgan fingerprint density at radius 3 is 2.30 bits per heavy atom. The second-order valence-corrected chi connectivity index (χ2v) is 7.32. The lowest BCUT2D eigenvalue weighted by Gasteiger charge is -2.27. The molecule has 6 nitrogen and oxygen atoms in total. The van der Waals surface area contributed by atoms with E-state index in [9.17, 15) is 8.42 Å². The summed E-state index contributed by atoms with van der Waals surface area (Å²) in [7, 11) is -0.734. The molecule has 0 aliphatic carbocycles.